The van der Waals surface area contributed by atoms with E-state index >= 15 is 0 Å². The summed E-state index contributed by atoms with van der Waals surface area (Å²) < 4.78 is 12.2. The predicted molar refractivity (Wildman–Crippen MR) is 141 cm³/mol. The zero-order valence-electron chi connectivity index (χ0n) is 21.8. The second kappa shape index (κ2) is 18.2. The molecule has 1 rings (SSSR count). The van der Waals surface area contributed by atoms with E-state index in [-0.39, 0.29) is 18.5 Å². The van der Waals surface area contributed by atoms with Crippen molar-refractivity contribution >= 4 is 14.3 Å². The van der Waals surface area contributed by atoms with Gasteiger partial charge in [0.15, 0.2) is 8.32 Å². The average Bonchev–Trinajstić information content (AvgIpc) is 2.80. The molecule has 5 heteroatoms. The van der Waals surface area contributed by atoms with E-state index in [0.29, 0.717) is 13.0 Å². The molecule has 0 saturated carbocycles. The maximum absolute atomic E-state index is 11.9. The predicted octanol–water partition coefficient (Wildman–Crippen LogP) is 7.44. The van der Waals surface area contributed by atoms with E-state index in [9.17, 15) is 9.90 Å². The van der Waals surface area contributed by atoms with Crippen molar-refractivity contribution in [1.82, 2.24) is 0 Å². The normalized spacial score (nSPS) is 13.6. The first-order valence-corrected chi connectivity index (χ1v) is 16.1. The fourth-order valence-electron chi connectivity index (χ4n) is 4.60. The maximum atomic E-state index is 11.9. The molecule has 0 aliphatic carbocycles. The number of carbonyl (C=O) groups excluding carboxylic acids is 1. The first-order chi connectivity index (χ1) is 16.0. The van der Waals surface area contributed by atoms with Crippen LogP contribution in [-0.4, -0.2) is 38.2 Å². The first kappa shape index (κ1) is 29.9. The lowest BCUT2D eigenvalue weighted by Gasteiger charge is -2.37. The Kier molecular flexibility index (Phi) is 16.5. The third kappa shape index (κ3) is 13.3. The van der Waals surface area contributed by atoms with Crippen molar-refractivity contribution in [3.05, 3.63) is 35.9 Å². The number of unbranched alkanes of at least 4 members (excludes halogenated alkanes) is 3. The summed E-state index contributed by atoms with van der Waals surface area (Å²) in [4.78, 5) is 11.9. The van der Waals surface area contributed by atoms with E-state index in [1.165, 1.54) is 62.2 Å². The van der Waals surface area contributed by atoms with Crippen LogP contribution < -0.4 is 0 Å². The molecule has 0 saturated heterocycles. The Bertz CT molecular complexity index is 585. The van der Waals surface area contributed by atoms with Gasteiger partial charge in [-0.05, 0) is 56.3 Å². The Balaban J connectivity index is 2.94. The summed E-state index contributed by atoms with van der Waals surface area (Å²) in [5.41, 5.74) is 1.34. The minimum Gasteiger partial charge on any atom is -0.466 e. The Labute approximate surface area is 204 Å². The molecule has 0 spiro atoms. The molecule has 4 nitrogen and oxygen atoms in total. The van der Waals surface area contributed by atoms with Crippen LogP contribution in [0, 0.1) is 0 Å². The topological polar surface area (TPSA) is 55.8 Å². The van der Waals surface area contributed by atoms with Gasteiger partial charge in [0.2, 0.25) is 0 Å². The van der Waals surface area contributed by atoms with Crippen LogP contribution in [0.2, 0.25) is 18.1 Å². The molecule has 0 aromatic heterocycles. The molecule has 0 fully saturated rings. The number of rotatable bonds is 20. The standard InChI is InChI=1S/C28H50O4Si/c1-5-9-20-33(21-10-6-2,22-11-7-3)32-27(23-26(29)24-28(30)31-8-4)19-15-18-25-16-13-12-14-17-25/h12-14,16-17,26-27,29H,5-11,15,18-24H2,1-4H3/t26-,27-/m1/s1. The van der Waals surface area contributed by atoms with Crippen LogP contribution in [0.15, 0.2) is 30.3 Å². The highest BCUT2D eigenvalue weighted by Gasteiger charge is 2.36. The van der Waals surface area contributed by atoms with Crippen molar-refractivity contribution < 1.29 is 19.1 Å². The number of esters is 1. The van der Waals surface area contributed by atoms with Crippen molar-refractivity contribution in [2.45, 2.75) is 129 Å². The second-order valence-electron chi connectivity index (χ2n) is 9.51. The highest BCUT2D eigenvalue weighted by molar-refractivity contribution is 6.73. The van der Waals surface area contributed by atoms with E-state index in [1.54, 1.807) is 6.92 Å². The van der Waals surface area contributed by atoms with Crippen LogP contribution in [0.3, 0.4) is 0 Å². The number of hydrogen-bond acceptors (Lipinski definition) is 4. The van der Waals surface area contributed by atoms with Gasteiger partial charge in [0, 0.05) is 6.10 Å². The van der Waals surface area contributed by atoms with Crippen LogP contribution in [0.4, 0.5) is 0 Å². The summed E-state index contributed by atoms with van der Waals surface area (Å²) in [6.45, 7) is 8.94. The molecule has 190 valence electrons. The molecule has 0 amide bonds. The number of hydrogen-bond donors (Lipinski definition) is 1. The minimum absolute atomic E-state index is 0.00961. The van der Waals surface area contributed by atoms with Crippen LogP contribution in [0.1, 0.15) is 97.5 Å². The molecule has 0 radical (unpaired) electrons. The first-order valence-electron chi connectivity index (χ1n) is 13.5. The lowest BCUT2D eigenvalue weighted by atomic mass is 10.0. The van der Waals surface area contributed by atoms with Gasteiger partial charge >= 0.3 is 5.97 Å². The summed E-state index contributed by atoms with van der Waals surface area (Å²) in [5.74, 6) is -0.320. The van der Waals surface area contributed by atoms with E-state index in [0.717, 1.165) is 19.3 Å². The number of aliphatic hydroxyl groups is 1. The van der Waals surface area contributed by atoms with Crippen molar-refractivity contribution in [1.29, 1.82) is 0 Å². The van der Waals surface area contributed by atoms with Crippen LogP contribution in [0.5, 0.6) is 0 Å². The smallest absolute Gasteiger partial charge is 0.308 e. The van der Waals surface area contributed by atoms with Crippen LogP contribution in [-0.2, 0) is 20.4 Å². The van der Waals surface area contributed by atoms with Gasteiger partial charge in [-0.3, -0.25) is 4.79 Å². The number of benzene rings is 1. The van der Waals surface area contributed by atoms with E-state index in [4.69, 9.17) is 9.16 Å². The molecular formula is C28H50O4Si. The molecular weight excluding hydrogens is 428 g/mol. The van der Waals surface area contributed by atoms with Gasteiger partial charge in [-0.25, -0.2) is 0 Å². The average molecular weight is 479 g/mol. The fraction of sp³-hybridized carbons (Fsp3) is 0.750. The third-order valence-corrected chi connectivity index (χ3v) is 11.1. The minimum atomic E-state index is -1.90. The molecule has 0 unspecified atom stereocenters. The summed E-state index contributed by atoms with van der Waals surface area (Å²) in [6, 6.07) is 14.2. The monoisotopic (exact) mass is 478 g/mol. The molecule has 1 aromatic rings. The Morgan fingerprint density at radius 1 is 0.909 bits per heavy atom. The highest BCUT2D eigenvalue weighted by atomic mass is 28.4. The van der Waals surface area contributed by atoms with Crippen molar-refractivity contribution in [3.8, 4) is 0 Å². The van der Waals surface area contributed by atoms with Gasteiger partial charge < -0.3 is 14.3 Å². The Morgan fingerprint density at radius 3 is 2.00 bits per heavy atom. The van der Waals surface area contributed by atoms with Gasteiger partial charge in [-0.2, -0.15) is 0 Å². The molecule has 1 aromatic carbocycles. The van der Waals surface area contributed by atoms with Gasteiger partial charge in [0.05, 0.1) is 19.1 Å². The lowest BCUT2D eigenvalue weighted by molar-refractivity contribution is -0.145. The number of carbonyl (C=O) groups is 1. The number of ether oxygens (including phenoxy) is 1. The maximum Gasteiger partial charge on any atom is 0.308 e. The molecule has 33 heavy (non-hydrogen) atoms. The van der Waals surface area contributed by atoms with Crippen molar-refractivity contribution in [2.75, 3.05) is 6.61 Å². The SMILES string of the molecule is CCCC[Si](CCCC)(CCCC)O[C@H](CCCc1ccccc1)C[C@@H](O)CC(=O)OCC. The van der Waals surface area contributed by atoms with Crippen molar-refractivity contribution in [3.63, 3.8) is 0 Å². The molecule has 2 atom stereocenters. The summed E-state index contributed by atoms with van der Waals surface area (Å²) in [6.07, 6.45) is 10.1. The van der Waals surface area contributed by atoms with Gasteiger partial charge in [0.25, 0.3) is 0 Å². The Hall–Kier alpha value is -1.17. The lowest BCUT2D eigenvalue weighted by Crippen LogP contribution is -2.43. The molecule has 0 heterocycles. The number of aliphatic hydroxyl groups excluding tert-OH is 1. The van der Waals surface area contributed by atoms with E-state index < -0.39 is 14.4 Å². The second-order valence-corrected chi connectivity index (χ2v) is 13.6. The summed E-state index contributed by atoms with van der Waals surface area (Å²) in [5, 5.41) is 10.7. The third-order valence-electron chi connectivity index (χ3n) is 6.45. The number of aryl methyl sites for hydroxylation is 1. The van der Waals surface area contributed by atoms with Gasteiger partial charge in [0.1, 0.15) is 0 Å². The summed E-state index contributed by atoms with van der Waals surface area (Å²) >= 11 is 0. The van der Waals surface area contributed by atoms with E-state index in [2.05, 4.69) is 51.1 Å². The van der Waals surface area contributed by atoms with Gasteiger partial charge in [-0.1, -0.05) is 89.6 Å². The van der Waals surface area contributed by atoms with Crippen LogP contribution >= 0.6 is 0 Å². The van der Waals surface area contributed by atoms with Crippen LogP contribution in [0.25, 0.3) is 0 Å². The zero-order valence-corrected chi connectivity index (χ0v) is 22.8. The Morgan fingerprint density at radius 2 is 1.48 bits per heavy atom. The molecule has 1 N–H and O–H groups in total. The molecule has 0 bridgehead atoms. The molecule has 0 aliphatic heterocycles. The highest BCUT2D eigenvalue weighted by Crippen LogP contribution is 2.33. The quantitative estimate of drug-likeness (QED) is 0.156. The molecule has 0 aliphatic rings. The fourth-order valence-corrected chi connectivity index (χ4v) is 9.62. The van der Waals surface area contributed by atoms with Gasteiger partial charge in [-0.15, -0.1) is 0 Å². The van der Waals surface area contributed by atoms with E-state index in [1.807, 2.05) is 0 Å². The largest absolute Gasteiger partial charge is 0.466 e. The van der Waals surface area contributed by atoms with Crippen molar-refractivity contribution in [2.24, 2.45) is 0 Å². The summed E-state index contributed by atoms with van der Waals surface area (Å²) in [7, 11) is -1.90. The zero-order chi connectivity index (χ0) is 24.4.